The van der Waals surface area contributed by atoms with Gasteiger partial charge in [-0.3, -0.25) is 4.79 Å². The highest BCUT2D eigenvalue weighted by atomic mass is 32.1. The normalized spacial score (nSPS) is 11.4. The van der Waals surface area contributed by atoms with Gasteiger partial charge in [0.25, 0.3) is 5.79 Å². The van der Waals surface area contributed by atoms with Gasteiger partial charge in [-0.2, -0.15) is 0 Å². The molecule has 94 valence electrons. The molecule has 0 amide bonds. The molecule has 0 spiro atoms. The van der Waals surface area contributed by atoms with Gasteiger partial charge in [-0.25, -0.2) is 0 Å². The lowest BCUT2D eigenvalue weighted by Crippen LogP contribution is -2.39. The van der Waals surface area contributed by atoms with Gasteiger partial charge in [-0.1, -0.05) is 36.4 Å². The van der Waals surface area contributed by atoms with Crippen molar-refractivity contribution in [1.82, 2.24) is 0 Å². The van der Waals surface area contributed by atoms with E-state index in [4.69, 9.17) is 9.47 Å². The summed E-state index contributed by atoms with van der Waals surface area (Å²) in [5, 5.41) is 1.89. The molecule has 0 atom stereocenters. The maximum absolute atomic E-state index is 12.6. The molecule has 1 aromatic carbocycles. The van der Waals surface area contributed by atoms with Crippen molar-refractivity contribution in [2.24, 2.45) is 0 Å². The van der Waals surface area contributed by atoms with E-state index in [1.54, 1.807) is 12.1 Å². The number of carbonyl (C=O) groups is 1. The van der Waals surface area contributed by atoms with Gasteiger partial charge in [0.05, 0.1) is 4.88 Å². The van der Waals surface area contributed by atoms with Crippen LogP contribution in [0.25, 0.3) is 0 Å². The summed E-state index contributed by atoms with van der Waals surface area (Å²) in [5.74, 6) is -1.55. The third kappa shape index (κ3) is 2.10. The lowest BCUT2D eigenvalue weighted by Gasteiger charge is -2.28. The van der Waals surface area contributed by atoms with Crippen LogP contribution in [0.1, 0.15) is 15.2 Å². The van der Waals surface area contributed by atoms with Crippen LogP contribution >= 0.6 is 11.3 Å². The van der Waals surface area contributed by atoms with E-state index in [1.165, 1.54) is 25.6 Å². The Morgan fingerprint density at radius 1 is 1.06 bits per heavy atom. The molecule has 0 bridgehead atoms. The molecule has 2 rings (SSSR count). The van der Waals surface area contributed by atoms with E-state index >= 15 is 0 Å². The topological polar surface area (TPSA) is 35.5 Å². The Hall–Kier alpha value is -1.49. The number of ketones is 1. The molecule has 0 fully saturated rings. The second-order valence-corrected chi connectivity index (χ2v) is 4.64. The first kappa shape index (κ1) is 13.0. The quantitative estimate of drug-likeness (QED) is 0.613. The second-order valence-electron chi connectivity index (χ2n) is 3.70. The number of carbonyl (C=O) groups excluding carboxylic acids is 1. The average molecular weight is 262 g/mol. The monoisotopic (exact) mass is 262 g/mol. The molecule has 0 aliphatic rings. The van der Waals surface area contributed by atoms with Gasteiger partial charge in [0.2, 0.25) is 5.78 Å². The Bertz CT molecular complexity index is 501. The van der Waals surface area contributed by atoms with E-state index in [2.05, 4.69) is 0 Å². The van der Waals surface area contributed by atoms with Gasteiger partial charge >= 0.3 is 0 Å². The zero-order chi connectivity index (χ0) is 13.0. The predicted octanol–water partition coefficient (Wildman–Crippen LogP) is 3.08. The van der Waals surface area contributed by atoms with Crippen LogP contribution in [0, 0.1) is 0 Å². The van der Waals surface area contributed by atoms with E-state index in [1.807, 2.05) is 35.7 Å². The molecule has 3 nitrogen and oxygen atoms in total. The fraction of sp³-hybridized carbons (Fsp3) is 0.214. The van der Waals surface area contributed by atoms with Crippen LogP contribution in [0.2, 0.25) is 0 Å². The third-order valence-electron chi connectivity index (χ3n) is 2.76. The fourth-order valence-electron chi connectivity index (χ4n) is 1.83. The van der Waals surface area contributed by atoms with Crippen LogP contribution in [0.15, 0.2) is 47.8 Å². The Morgan fingerprint density at radius 2 is 1.72 bits per heavy atom. The summed E-state index contributed by atoms with van der Waals surface area (Å²) in [6.45, 7) is 0. The minimum absolute atomic E-state index is 0.199. The SMILES string of the molecule is COC(OC)(C(=O)c1ccccc1)c1cccs1. The number of hydrogen-bond acceptors (Lipinski definition) is 4. The lowest BCUT2D eigenvalue weighted by molar-refractivity contribution is -0.174. The third-order valence-corrected chi connectivity index (χ3v) is 3.71. The van der Waals surface area contributed by atoms with Gasteiger partial charge in [-0.05, 0) is 11.4 Å². The lowest BCUT2D eigenvalue weighted by atomic mass is 10.0. The highest BCUT2D eigenvalue weighted by molar-refractivity contribution is 7.10. The number of hydrogen-bond donors (Lipinski definition) is 0. The van der Waals surface area contributed by atoms with Crippen molar-refractivity contribution in [1.29, 1.82) is 0 Å². The minimum atomic E-state index is -1.35. The van der Waals surface area contributed by atoms with Crippen LogP contribution in [0.3, 0.4) is 0 Å². The summed E-state index contributed by atoms with van der Waals surface area (Å²) in [6.07, 6.45) is 0. The fourth-order valence-corrected chi connectivity index (χ4v) is 2.70. The summed E-state index contributed by atoms with van der Waals surface area (Å²) in [6, 6.07) is 12.7. The minimum Gasteiger partial charge on any atom is -0.342 e. The van der Waals surface area contributed by atoms with E-state index in [9.17, 15) is 4.79 Å². The maximum atomic E-state index is 12.6. The van der Waals surface area contributed by atoms with Crippen molar-refractivity contribution >= 4 is 17.1 Å². The number of benzene rings is 1. The van der Waals surface area contributed by atoms with Gasteiger partial charge in [0.15, 0.2) is 0 Å². The smallest absolute Gasteiger partial charge is 0.270 e. The number of thiophene rings is 1. The zero-order valence-electron chi connectivity index (χ0n) is 10.3. The second kappa shape index (κ2) is 5.44. The Kier molecular flexibility index (Phi) is 3.91. The summed E-state index contributed by atoms with van der Waals surface area (Å²) < 4.78 is 10.8. The molecule has 0 aliphatic heterocycles. The molecular formula is C14H14O3S. The van der Waals surface area contributed by atoms with Crippen molar-refractivity contribution in [3.8, 4) is 0 Å². The molecule has 0 N–H and O–H groups in total. The zero-order valence-corrected chi connectivity index (χ0v) is 11.1. The highest BCUT2D eigenvalue weighted by Crippen LogP contribution is 2.33. The van der Waals surface area contributed by atoms with Crippen molar-refractivity contribution in [3.05, 3.63) is 58.3 Å². The molecule has 18 heavy (non-hydrogen) atoms. The largest absolute Gasteiger partial charge is 0.342 e. The molecule has 0 unspecified atom stereocenters. The van der Waals surface area contributed by atoms with E-state index in [0.717, 1.165) is 4.88 Å². The molecule has 0 saturated carbocycles. The number of ether oxygens (including phenoxy) is 2. The Labute approximate surface area is 110 Å². The van der Waals surface area contributed by atoms with Crippen molar-refractivity contribution in [3.63, 3.8) is 0 Å². The molecule has 1 heterocycles. The van der Waals surface area contributed by atoms with Crippen LogP contribution in [0.4, 0.5) is 0 Å². The van der Waals surface area contributed by atoms with Crippen LogP contribution < -0.4 is 0 Å². The summed E-state index contributed by atoms with van der Waals surface area (Å²) in [4.78, 5) is 13.3. The molecular weight excluding hydrogens is 248 g/mol. The molecule has 4 heteroatoms. The van der Waals surface area contributed by atoms with Crippen LogP contribution in [-0.4, -0.2) is 20.0 Å². The maximum Gasteiger partial charge on any atom is 0.270 e. The molecule has 0 saturated heterocycles. The number of Topliss-reactive ketones (excluding diaryl/α,β-unsaturated/α-hetero) is 1. The summed E-state index contributed by atoms with van der Waals surface area (Å²) >= 11 is 1.43. The van der Waals surface area contributed by atoms with Gasteiger partial charge in [0.1, 0.15) is 0 Å². The van der Waals surface area contributed by atoms with Crippen molar-refractivity contribution < 1.29 is 14.3 Å². The van der Waals surface area contributed by atoms with E-state index in [0.29, 0.717) is 5.56 Å². The summed E-state index contributed by atoms with van der Waals surface area (Å²) in [7, 11) is 2.95. The predicted molar refractivity (Wildman–Crippen MR) is 70.8 cm³/mol. The Balaban J connectivity index is 2.46. The van der Waals surface area contributed by atoms with Gasteiger partial charge < -0.3 is 9.47 Å². The first-order valence-electron chi connectivity index (χ1n) is 5.48. The number of methoxy groups -OCH3 is 2. The molecule has 2 aromatic rings. The van der Waals surface area contributed by atoms with E-state index in [-0.39, 0.29) is 5.78 Å². The molecule has 1 aromatic heterocycles. The number of rotatable bonds is 5. The van der Waals surface area contributed by atoms with Crippen LogP contribution in [0.5, 0.6) is 0 Å². The van der Waals surface area contributed by atoms with Crippen molar-refractivity contribution in [2.45, 2.75) is 5.79 Å². The van der Waals surface area contributed by atoms with Gasteiger partial charge in [-0.15, -0.1) is 11.3 Å². The van der Waals surface area contributed by atoms with Crippen molar-refractivity contribution in [2.75, 3.05) is 14.2 Å². The highest BCUT2D eigenvalue weighted by Gasteiger charge is 2.42. The first-order valence-corrected chi connectivity index (χ1v) is 6.36. The van der Waals surface area contributed by atoms with Crippen LogP contribution in [-0.2, 0) is 15.3 Å². The standard InChI is InChI=1S/C14H14O3S/c1-16-14(17-2,12-9-6-10-18-12)13(15)11-7-4-3-5-8-11/h3-10H,1-2H3. The van der Waals surface area contributed by atoms with E-state index < -0.39 is 5.79 Å². The first-order chi connectivity index (χ1) is 8.74. The molecule has 0 aliphatic carbocycles. The molecule has 0 radical (unpaired) electrons. The average Bonchev–Trinajstić information content (AvgIpc) is 2.96. The summed E-state index contributed by atoms with van der Waals surface area (Å²) in [5.41, 5.74) is 0.564. The van der Waals surface area contributed by atoms with Gasteiger partial charge in [0, 0.05) is 19.8 Å². The Morgan fingerprint density at radius 3 is 2.22 bits per heavy atom.